The van der Waals surface area contributed by atoms with E-state index in [1.807, 2.05) is 13.8 Å². The van der Waals surface area contributed by atoms with E-state index >= 15 is 0 Å². The van der Waals surface area contributed by atoms with Gasteiger partial charge in [0.1, 0.15) is 17.5 Å². The molecule has 0 heterocycles. The fourth-order valence-corrected chi connectivity index (χ4v) is 2.67. The van der Waals surface area contributed by atoms with Crippen molar-refractivity contribution >= 4 is 23.2 Å². The molecule has 25 heavy (non-hydrogen) atoms. The van der Waals surface area contributed by atoms with Crippen LogP contribution in [-0.2, 0) is 14.3 Å². The van der Waals surface area contributed by atoms with Gasteiger partial charge in [0.05, 0.1) is 11.6 Å². The molecule has 2 atom stereocenters. The van der Waals surface area contributed by atoms with Gasteiger partial charge in [0.25, 0.3) is 5.91 Å². The Hall–Kier alpha value is -1.30. The molecule has 142 valence electrons. The van der Waals surface area contributed by atoms with E-state index in [-0.39, 0.29) is 12.0 Å². The second-order valence-electron chi connectivity index (χ2n) is 6.38. The van der Waals surface area contributed by atoms with Crippen molar-refractivity contribution < 1.29 is 19.0 Å². The Labute approximate surface area is 156 Å². The number of halogens is 1. The third-order valence-corrected chi connectivity index (χ3v) is 4.40. The summed E-state index contributed by atoms with van der Waals surface area (Å²) in [5, 5.41) is 3.31. The van der Waals surface area contributed by atoms with Crippen LogP contribution in [0, 0.1) is 0 Å². The van der Waals surface area contributed by atoms with Gasteiger partial charge in [-0.1, -0.05) is 37.8 Å². The van der Waals surface area contributed by atoms with Crippen molar-refractivity contribution in [3.8, 4) is 5.75 Å². The van der Waals surface area contributed by atoms with Gasteiger partial charge in [-0.2, -0.15) is 0 Å². The highest BCUT2D eigenvalue weighted by molar-refractivity contribution is 6.32. The van der Waals surface area contributed by atoms with Crippen molar-refractivity contribution in [2.45, 2.75) is 58.2 Å². The van der Waals surface area contributed by atoms with Crippen molar-refractivity contribution in [2.75, 3.05) is 26.1 Å². The summed E-state index contributed by atoms with van der Waals surface area (Å²) in [5.74, 6) is 0.380. The van der Waals surface area contributed by atoms with Gasteiger partial charge < -0.3 is 19.5 Å². The Morgan fingerprint density at radius 1 is 1.32 bits per heavy atom. The van der Waals surface area contributed by atoms with E-state index in [1.165, 1.54) is 0 Å². The normalized spacial score (nSPS) is 14.6. The van der Waals surface area contributed by atoms with Gasteiger partial charge in [0.15, 0.2) is 0 Å². The molecule has 5 nitrogen and oxygen atoms in total. The first-order valence-corrected chi connectivity index (χ1v) is 9.05. The number of rotatable bonds is 11. The van der Waals surface area contributed by atoms with Gasteiger partial charge in [-0.25, -0.2) is 0 Å². The zero-order valence-electron chi connectivity index (χ0n) is 15.9. The molecule has 0 spiro atoms. The molecule has 1 amide bonds. The molecule has 0 saturated heterocycles. The molecular weight excluding hydrogens is 342 g/mol. The second-order valence-corrected chi connectivity index (χ2v) is 6.78. The molecule has 0 aliphatic rings. The van der Waals surface area contributed by atoms with Crippen molar-refractivity contribution in [2.24, 2.45) is 0 Å². The first-order chi connectivity index (χ1) is 11.9. The lowest BCUT2D eigenvalue weighted by atomic mass is 9.97. The summed E-state index contributed by atoms with van der Waals surface area (Å²) in [6.07, 6.45) is 3.67. The van der Waals surface area contributed by atoms with Gasteiger partial charge in [-0.3, -0.25) is 4.79 Å². The standard InChI is InChI=1S/C19H30ClNO4/c1-6-7-8-11-19(3,24-5)18(22)21-15-9-10-17(16(20)12-15)25-14(2)13-23-4/h9-10,12,14H,6-8,11,13H2,1-5H3,(H,21,22)/t14-,19-/m0/s1. The predicted molar refractivity (Wildman–Crippen MR) is 102 cm³/mol. The fourth-order valence-electron chi connectivity index (χ4n) is 2.44. The number of hydrogen-bond acceptors (Lipinski definition) is 4. The van der Waals surface area contributed by atoms with Crippen molar-refractivity contribution in [1.29, 1.82) is 0 Å². The summed E-state index contributed by atoms with van der Waals surface area (Å²) in [6, 6.07) is 5.18. The van der Waals surface area contributed by atoms with Crippen LogP contribution in [0.4, 0.5) is 5.69 Å². The zero-order valence-corrected chi connectivity index (χ0v) is 16.6. The lowest BCUT2D eigenvalue weighted by molar-refractivity contribution is -0.136. The first kappa shape index (κ1) is 21.7. The molecule has 1 rings (SSSR count). The van der Waals surface area contributed by atoms with Crippen LogP contribution in [0.5, 0.6) is 5.75 Å². The Morgan fingerprint density at radius 3 is 2.60 bits per heavy atom. The van der Waals surface area contributed by atoms with Crippen molar-refractivity contribution in [1.82, 2.24) is 0 Å². The number of amides is 1. The first-order valence-electron chi connectivity index (χ1n) is 8.68. The van der Waals surface area contributed by atoms with E-state index < -0.39 is 5.60 Å². The van der Waals surface area contributed by atoms with Crippen LogP contribution in [-0.4, -0.2) is 38.4 Å². The van der Waals surface area contributed by atoms with Gasteiger partial charge in [0, 0.05) is 19.9 Å². The third kappa shape index (κ3) is 6.84. The molecular formula is C19H30ClNO4. The van der Waals surface area contributed by atoms with Crippen LogP contribution >= 0.6 is 11.6 Å². The Morgan fingerprint density at radius 2 is 2.04 bits per heavy atom. The summed E-state index contributed by atoms with van der Waals surface area (Å²) >= 11 is 6.26. The summed E-state index contributed by atoms with van der Waals surface area (Å²) in [4.78, 5) is 12.6. The molecule has 0 saturated carbocycles. The summed E-state index contributed by atoms with van der Waals surface area (Å²) in [6.45, 7) is 6.31. The van der Waals surface area contributed by atoms with Crippen LogP contribution in [0.25, 0.3) is 0 Å². The number of carbonyl (C=O) groups excluding carboxylic acids is 1. The van der Waals surface area contributed by atoms with Crippen LogP contribution < -0.4 is 10.1 Å². The molecule has 1 N–H and O–H groups in total. The van der Waals surface area contributed by atoms with E-state index in [1.54, 1.807) is 32.4 Å². The van der Waals surface area contributed by atoms with E-state index in [0.717, 1.165) is 19.3 Å². The second kappa shape index (κ2) is 10.6. The van der Waals surface area contributed by atoms with Crippen LogP contribution in [0.3, 0.4) is 0 Å². The Bertz CT molecular complexity index is 552. The largest absolute Gasteiger partial charge is 0.487 e. The lowest BCUT2D eigenvalue weighted by Crippen LogP contribution is -2.41. The summed E-state index contributed by atoms with van der Waals surface area (Å²) in [5.41, 5.74) is -0.246. The maximum atomic E-state index is 12.6. The van der Waals surface area contributed by atoms with E-state index in [0.29, 0.717) is 29.5 Å². The molecule has 1 aromatic rings. The zero-order chi connectivity index (χ0) is 18.9. The number of carbonyl (C=O) groups is 1. The van der Waals surface area contributed by atoms with E-state index in [4.69, 9.17) is 25.8 Å². The lowest BCUT2D eigenvalue weighted by Gasteiger charge is -2.27. The number of methoxy groups -OCH3 is 2. The number of hydrogen-bond donors (Lipinski definition) is 1. The highest BCUT2D eigenvalue weighted by Crippen LogP contribution is 2.29. The minimum absolute atomic E-state index is 0.113. The summed E-state index contributed by atoms with van der Waals surface area (Å²) < 4.78 is 16.2. The molecule has 0 aliphatic carbocycles. The SMILES string of the molecule is CCCCC[C@](C)(OC)C(=O)Nc1ccc(O[C@@H](C)COC)c(Cl)c1. The van der Waals surface area contributed by atoms with E-state index in [2.05, 4.69) is 12.2 Å². The topological polar surface area (TPSA) is 56.8 Å². The summed E-state index contributed by atoms with van der Waals surface area (Å²) in [7, 11) is 3.18. The van der Waals surface area contributed by atoms with E-state index in [9.17, 15) is 4.79 Å². The number of ether oxygens (including phenoxy) is 3. The van der Waals surface area contributed by atoms with Gasteiger partial charge in [-0.15, -0.1) is 0 Å². The quantitative estimate of drug-likeness (QED) is 0.574. The molecule has 0 fully saturated rings. The smallest absolute Gasteiger partial charge is 0.256 e. The highest BCUT2D eigenvalue weighted by atomic mass is 35.5. The van der Waals surface area contributed by atoms with Crippen molar-refractivity contribution in [3.63, 3.8) is 0 Å². The average Bonchev–Trinajstić information content (AvgIpc) is 2.57. The molecule has 1 aromatic carbocycles. The van der Waals surface area contributed by atoms with Gasteiger partial charge in [0.2, 0.25) is 0 Å². The predicted octanol–water partition coefficient (Wildman–Crippen LogP) is 4.68. The number of anilines is 1. The molecule has 0 aromatic heterocycles. The number of unbranched alkanes of at least 4 members (excludes halogenated alkanes) is 2. The van der Waals surface area contributed by atoms with Crippen molar-refractivity contribution in [3.05, 3.63) is 23.2 Å². The minimum Gasteiger partial charge on any atom is -0.487 e. The van der Waals surface area contributed by atoms with Gasteiger partial charge in [-0.05, 0) is 38.5 Å². The van der Waals surface area contributed by atoms with Crippen LogP contribution in [0.2, 0.25) is 5.02 Å². The Kier molecular flexibility index (Phi) is 9.25. The highest BCUT2D eigenvalue weighted by Gasteiger charge is 2.32. The average molecular weight is 372 g/mol. The Balaban J connectivity index is 2.75. The molecule has 0 bridgehead atoms. The van der Waals surface area contributed by atoms with Crippen LogP contribution in [0.15, 0.2) is 18.2 Å². The third-order valence-electron chi connectivity index (χ3n) is 4.11. The van der Waals surface area contributed by atoms with Gasteiger partial charge >= 0.3 is 0 Å². The maximum Gasteiger partial charge on any atom is 0.256 e. The minimum atomic E-state index is -0.857. The number of nitrogens with one attached hydrogen (secondary N) is 1. The molecule has 0 aliphatic heterocycles. The molecule has 0 unspecified atom stereocenters. The monoisotopic (exact) mass is 371 g/mol. The molecule has 6 heteroatoms. The number of benzene rings is 1. The molecule has 0 radical (unpaired) electrons. The van der Waals surface area contributed by atoms with Crippen LogP contribution in [0.1, 0.15) is 46.5 Å². The maximum absolute atomic E-state index is 12.6. The fraction of sp³-hybridized carbons (Fsp3) is 0.632.